The second-order valence-electron chi connectivity index (χ2n) is 3.48. The van der Waals surface area contributed by atoms with E-state index in [0.717, 1.165) is 0 Å². The SMILES string of the molecule is CC1=C/C(C)=C(C)\C=C(\C)C=C1. The lowest BCUT2D eigenvalue weighted by molar-refractivity contribution is 1.31. The minimum absolute atomic E-state index is 1.32. The molecule has 0 N–H and O–H groups in total. The minimum atomic E-state index is 1.32. The zero-order valence-corrected chi connectivity index (χ0v) is 8.31. The van der Waals surface area contributed by atoms with Crippen molar-refractivity contribution in [3.63, 3.8) is 0 Å². The van der Waals surface area contributed by atoms with Gasteiger partial charge in [-0.15, -0.1) is 0 Å². The van der Waals surface area contributed by atoms with Gasteiger partial charge in [0, 0.05) is 0 Å². The Hall–Kier alpha value is -1.04. The van der Waals surface area contributed by atoms with Crippen molar-refractivity contribution in [3.05, 3.63) is 46.6 Å². The van der Waals surface area contributed by atoms with Crippen molar-refractivity contribution in [2.45, 2.75) is 27.7 Å². The Labute approximate surface area is 75.0 Å². The van der Waals surface area contributed by atoms with Gasteiger partial charge in [0.1, 0.15) is 0 Å². The van der Waals surface area contributed by atoms with Crippen LogP contribution in [-0.2, 0) is 0 Å². The van der Waals surface area contributed by atoms with E-state index in [4.69, 9.17) is 0 Å². The van der Waals surface area contributed by atoms with Gasteiger partial charge in [0.2, 0.25) is 0 Å². The average molecular weight is 160 g/mol. The summed E-state index contributed by atoms with van der Waals surface area (Å²) < 4.78 is 0. The van der Waals surface area contributed by atoms with Gasteiger partial charge in [-0.3, -0.25) is 0 Å². The van der Waals surface area contributed by atoms with Crippen LogP contribution in [-0.4, -0.2) is 0 Å². The fourth-order valence-corrected chi connectivity index (χ4v) is 1.27. The molecule has 12 heavy (non-hydrogen) atoms. The molecule has 0 fully saturated rings. The Bertz CT molecular complexity index is 266. The highest BCUT2D eigenvalue weighted by Crippen LogP contribution is 2.15. The first-order chi connectivity index (χ1) is 5.59. The maximum atomic E-state index is 2.22. The van der Waals surface area contributed by atoms with Crippen LogP contribution in [0, 0.1) is 0 Å². The summed E-state index contributed by atoms with van der Waals surface area (Å²) in [7, 11) is 0. The van der Waals surface area contributed by atoms with Crippen molar-refractivity contribution >= 4 is 0 Å². The molecule has 0 radical (unpaired) electrons. The maximum absolute atomic E-state index is 2.22. The maximum Gasteiger partial charge on any atom is -0.0395 e. The van der Waals surface area contributed by atoms with E-state index in [0.29, 0.717) is 0 Å². The van der Waals surface area contributed by atoms with Gasteiger partial charge in [0.15, 0.2) is 0 Å². The normalized spacial score (nSPS) is 28.7. The van der Waals surface area contributed by atoms with Crippen LogP contribution in [0.5, 0.6) is 0 Å². The Balaban J connectivity index is 3.13. The molecule has 0 aromatic carbocycles. The molecule has 0 amide bonds. The van der Waals surface area contributed by atoms with E-state index in [2.05, 4.69) is 52.0 Å². The molecule has 1 aliphatic carbocycles. The van der Waals surface area contributed by atoms with Crippen molar-refractivity contribution in [3.8, 4) is 0 Å². The number of rotatable bonds is 0. The van der Waals surface area contributed by atoms with Crippen LogP contribution >= 0.6 is 0 Å². The number of allylic oxidation sites excluding steroid dienone is 8. The summed E-state index contributed by atoms with van der Waals surface area (Å²) in [6, 6.07) is 0. The highest BCUT2D eigenvalue weighted by atomic mass is 14.0. The first-order valence-electron chi connectivity index (χ1n) is 4.32. The quantitative estimate of drug-likeness (QED) is 0.506. The molecule has 0 heteroatoms. The van der Waals surface area contributed by atoms with Crippen molar-refractivity contribution in [1.29, 1.82) is 0 Å². The molecule has 0 atom stereocenters. The molecule has 1 rings (SSSR count). The Morgan fingerprint density at radius 3 is 1.33 bits per heavy atom. The van der Waals surface area contributed by atoms with Crippen molar-refractivity contribution in [1.82, 2.24) is 0 Å². The smallest absolute Gasteiger partial charge is 0.0395 e. The fourth-order valence-electron chi connectivity index (χ4n) is 1.27. The predicted molar refractivity (Wildman–Crippen MR) is 55.0 cm³/mol. The summed E-state index contributed by atoms with van der Waals surface area (Å²) in [6.45, 7) is 8.57. The molecule has 0 saturated carbocycles. The van der Waals surface area contributed by atoms with Crippen LogP contribution < -0.4 is 0 Å². The first-order valence-corrected chi connectivity index (χ1v) is 4.32. The molecule has 0 heterocycles. The van der Waals surface area contributed by atoms with Crippen molar-refractivity contribution < 1.29 is 0 Å². The van der Waals surface area contributed by atoms with Gasteiger partial charge in [-0.05, 0) is 38.8 Å². The van der Waals surface area contributed by atoms with E-state index in [1.807, 2.05) is 0 Å². The molecule has 0 aliphatic heterocycles. The number of hydrogen-bond donors (Lipinski definition) is 0. The summed E-state index contributed by atoms with van der Waals surface area (Å²) in [5.41, 5.74) is 5.35. The third-order valence-corrected chi connectivity index (χ3v) is 2.12. The molecule has 0 spiro atoms. The van der Waals surface area contributed by atoms with Gasteiger partial charge in [0.05, 0.1) is 0 Å². The zero-order chi connectivity index (χ0) is 9.14. The number of hydrogen-bond acceptors (Lipinski definition) is 0. The second-order valence-corrected chi connectivity index (χ2v) is 3.48. The van der Waals surface area contributed by atoms with E-state index in [1.54, 1.807) is 0 Å². The second kappa shape index (κ2) is 3.57. The minimum Gasteiger partial charge on any atom is -0.0591 e. The van der Waals surface area contributed by atoms with Crippen LogP contribution in [0.1, 0.15) is 27.7 Å². The predicted octanol–water partition coefficient (Wildman–Crippen LogP) is 3.79. The average Bonchev–Trinajstić information content (AvgIpc) is 1.99. The standard InChI is InChI=1S/C12H16/c1-9-5-6-10(2)8-12(4)11(3)7-9/h5-8H,1-4H3/b6-5?,9-5?,9-7-,10-6?,10-8?,11-7?,12-8?,12-11-. The summed E-state index contributed by atoms with van der Waals surface area (Å²) in [6.07, 6.45) is 8.74. The summed E-state index contributed by atoms with van der Waals surface area (Å²) in [4.78, 5) is 0. The molecule has 0 saturated heterocycles. The van der Waals surface area contributed by atoms with E-state index < -0.39 is 0 Å². The lowest BCUT2D eigenvalue weighted by Crippen LogP contribution is -1.83. The molecule has 64 valence electrons. The third-order valence-electron chi connectivity index (χ3n) is 2.12. The van der Waals surface area contributed by atoms with Crippen LogP contribution in [0.4, 0.5) is 0 Å². The molecule has 0 nitrogen and oxygen atoms in total. The molecular formula is C12H16. The van der Waals surface area contributed by atoms with Gasteiger partial charge in [-0.2, -0.15) is 0 Å². The van der Waals surface area contributed by atoms with E-state index in [9.17, 15) is 0 Å². The topological polar surface area (TPSA) is 0 Å². The van der Waals surface area contributed by atoms with Gasteiger partial charge >= 0.3 is 0 Å². The van der Waals surface area contributed by atoms with Crippen LogP contribution in [0.15, 0.2) is 46.6 Å². The monoisotopic (exact) mass is 160 g/mol. The van der Waals surface area contributed by atoms with Gasteiger partial charge < -0.3 is 0 Å². The van der Waals surface area contributed by atoms with E-state index in [-0.39, 0.29) is 0 Å². The lowest BCUT2D eigenvalue weighted by Gasteiger charge is -2.04. The van der Waals surface area contributed by atoms with Crippen LogP contribution in [0.3, 0.4) is 0 Å². The van der Waals surface area contributed by atoms with Crippen molar-refractivity contribution in [2.24, 2.45) is 0 Å². The molecular weight excluding hydrogens is 144 g/mol. The highest BCUT2D eigenvalue weighted by molar-refractivity contribution is 5.41. The van der Waals surface area contributed by atoms with Crippen molar-refractivity contribution in [2.75, 3.05) is 0 Å². The zero-order valence-electron chi connectivity index (χ0n) is 8.31. The van der Waals surface area contributed by atoms with Crippen LogP contribution in [0.2, 0.25) is 0 Å². The Morgan fingerprint density at radius 2 is 1.00 bits per heavy atom. The Morgan fingerprint density at radius 1 is 0.667 bits per heavy atom. The fraction of sp³-hybridized carbons (Fsp3) is 0.333. The first kappa shape index (κ1) is 9.05. The van der Waals surface area contributed by atoms with E-state index >= 15 is 0 Å². The molecule has 1 aliphatic rings. The third kappa shape index (κ3) is 2.23. The molecule has 0 bridgehead atoms. The lowest BCUT2D eigenvalue weighted by atomic mass is 10.0. The highest BCUT2D eigenvalue weighted by Gasteiger charge is 1.95. The van der Waals surface area contributed by atoms with E-state index in [1.165, 1.54) is 22.3 Å². The van der Waals surface area contributed by atoms with Gasteiger partial charge in [-0.25, -0.2) is 0 Å². The molecule has 0 unspecified atom stereocenters. The molecule has 0 aromatic rings. The summed E-state index contributed by atoms with van der Waals surface area (Å²) >= 11 is 0. The summed E-state index contributed by atoms with van der Waals surface area (Å²) in [5, 5.41) is 0. The van der Waals surface area contributed by atoms with Gasteiger partial charge in [-0.1, -0.05) is 35.5 Å². The van der Waals surface area contributed by atoms with Gasteiger partial charge in [0.25, 0.3) is 0 Å². The summed E-state index contributed by atoms with van der Waals surface area (Å²) in [5.74, 6) is 0. The van der Waals surface area contributed by atoms with Crippen LogP contribution in [0.25, 0.3) is 0 Å². The Kier molecular flexibility index (Phi) is 2.69. The largest absolute Gasteiger partial charge is 0.0591 e. The molecule has 0 aromatic heterocycles.